The molecule has 0 fully saturated rings. The smallest absolute Gasteiger partial charge is 0.387 e. The van der Waals surface area contributed by atoms with Gasteiger partial charge < -0.3 is 16.2 Å². The zero-order valence-electron chi connectivity index (χ0n) is 8.48. The van der Waals surface area contributed by atoms with Gasteiger partial charge in [-0.1, -0.05) is 0 Å². The molecule has 0 atom stereocenters. The van der Waals surface area contributed by atoms with Crippen LogP contribution in [0.3, 0.4) is 0 Å². The van der Waals surface area contributed by atoms with Crippen molar-refractivity contribution in [1.82, 2.24) is 0 Å². The summed E-state index contributed by atoms with van der Waals surface area (Å²) in [5, 5.41) is 6.62. The molecule has 0 aliphatic rings. The summed E-state index contributed by atoms with van der Waals surface area (Å²) in [5.41, 5.74) is 9.98. The normalized spacial score (nSPS) is 10.8. The van der Waals surface area contributed by atoms with Crippen molar-refractivity contribution in [2.75, 3.05) is 0 Å². The second kappa shape index (κ2) is 5.73. The maximum absolute atomic E-state index is 12.9. The van der Waals surface area contributed by atoms with Crippen LogP contribution in [0.25, 0.3) is 0 Å². The highest BCUT2D eigenvalue weighted by Crippen LogP contribution is 2.20. The molecular formula is C9H9F3N4O. The number of rotatable bonds is 4. The van der Waals surface area contributed by atoms with Crippen molar-refractivity contribution < 1.29 is 17.9 Å². The van der Waals surface area contributed by atoms with E-state index in [2.05, 4.69) is 14.9 Å². The molecule has 1 aromatic rings. The number of nitrogens with zero attached hydrogens (tertiary/aromatic N) is 2. The fourth-order valence-corrected chi connectivity index (χ4v) is 0.981. The van der Waals surface area contributed by atoms with Crippen LogP contribution < -0.4 is 16.2 Å². The molecule has 1 rings (SSSR count). The predicted octanol–water partition coefficient (Wildman–Crippen LogP) is 1.03. The number of benzene rings is 1. The van der Waals surface area contributed by atoms with Crippen LogP contribution in [0.1, 0.15) is 5.56 Å². The Morgan fingerprint density at radius 2 is 2.06 bits per heavy atom. The van der Waals surface area contributed by atoms with E-state index in [9.17, 15) is 13.2 Å². The Bertz CT molecular complexity index is 444. The van der Waals surface area contributed by atoms with Crippen molar-refractivity contribution in [3.8, 4) is 5.75 Å². The van der Waals surface area contributed by atoms with Crippen molar-refractivity contribution in [3.63, 3.8) is 0 Å². The molecule has 0 aliphatic heterocycles. The summed E-state index contributed by atoms with van der Waals surface area (Å²) in [6.07, 6.45) is 1.00. The summed E-state index contributed by atoms with van der Waals surface area (Å²) < 4.78 is 41.1. The van der Waals surface area contributed by atoms with Gasteiger partial charge in [0.2, 0.25) is 5.96 Å². The Balaban J connectivity index is 2.98. The maximum Gasteiger partial charge on any atom is 0.387 e. The van der Waals surface area contributed by atoms with Crippen LogP contribution in [0.2, 0.25) is 0 Å². The molecule has 0 radical (unpaired) electrons. The van der Waals surface area contributed by atoms with Crippen molar-refractivity contribution in [2.24, 2.45) is 21.7 Å². The highest BCUT2D eigenvalue weighted by atomic mass is 19.3. The quantitative estimate of drug-likeness (QED) is 0.472. The molecule has 92 valence electrons. The average molecular weight is 246 g/mol. The molecule has 0 amide bonds. The average Bonchev–Trinajstić information content (AvgIpc) is 2.21. The number of nitrogens with two attached hydrogens (primary N) is 2. The van der Waals surface area contributed by atoms with E-state index in [1.165, 1.54) is 0 Å². The minimum atomic E-state index is -3.02. The van der Waals surface area contributed by atoms with E-state index in [-0.39, 0.29) is 17.3 Å². The first kappa shape index (κ1) is 12.8. The van der Waals surface area contributed by atoms with Crippen LogP contribution in [0.15, 0.2) is 28.4 Å². The SMILES string of the molecule is NC(N)=NN=Cc1cc(F)ccc1OC(F)F. The third kappa shape index (κ3) is 4.41. The second-order valence-electron chi connectivity index (χ2n) is 2.83. The Labute approximate surface area is 94.6 Å². The molecule has 0 heterocycles. The molecule has 0 bridgehead atoms. The first-order valence-corrected chi connectivity index (χ1v) is 4.35. The Morgan fingerprint density at radius 1 is 1.35 bits per heavy atom. The molecule has 8 heteroatoms. The summed E-state index contributed by atoms with van der Waals surface area (Å²) in [6, 6.07) is 3.00. The lowest BCUT2D eigenvalue weighted by molar-refractivity contribution is -0.0499. The lowest BCUT2D eigenvalue weighted by Crippen LogP contribution is -2.21. The molecule has 0 saturated heterocycles. The monoisotopic (exact) mass is 246 g/mol. The summed E-state index contributed by atoms with van der Waals surface area (Å²) in [4.78, 5) is 0. The van der Waals surface area contributed by atoms with E-state index >= 15 is 0 Å². The van der Waals surface area contributed by atoms with Crippen molar-refractivity contribution >= 4 is 12.2 Å². The van der Waals surface area contributed by atoms with Crippen LogP contribution in [-0.4, -0.2) is 18.8 Å². The van der Waals surface area contributed by atoms with Gasteiger partial charge in [0, 0.05) is 5.56 Å². The fourth-order valence-electron chi connectivity index (χ4n) is 0.981. The van der Waals surface area contributed by atoms with Gasteiger partial charge in [0.25, 0.3) is 0 Å². The van der Waals surface area contributed by atoms with E-state index in [0.29, 0.717) is 0 Å². The number of alkyl halides is 2. The predicted molar refractivity (Wildman–Crippen MR) is 56.4 cm³/mol. The first-order valence-electron chi connectivity index (χ1n) is 4.35. The maximum atomic E-state index is 12.9. The van der Waals surface area contributed by atoms with Gasteiger partial charge in [-0.3, -0.25) is 0 Å². The summed E-state index contributed by atoms with van der Waals surface area (Å²) in [5.74, 6) is -1.16. The van der Waals surface area contributed by atoms with Gasteiger partial charge in [-0.05, 0) is 18.2 Å². The number of halogens is 3. The molecule has 0 spiro atoms. The van der Waals surface area contributed by atoms with Crippen LogP contribution in [0.4, 0.5) is 13.2 Å². The summed E-state index contributed by atoms with van der Waals surface area (Å²) >= 11 is 0. The van der Waals surface area contributed by atoms with E-state index < -0.39 is 12.4 Å². The molecule has 0 aromatic heterocycles. The van der Waals surface area contributed by atoms with Crippen LogP contribution in [0.5, 0.6) is 5.75 Å². The fraction of sp³-hybridized carbons (Fsp3) is 0.111. The summed E-state index contributed by atoms with van der Waals surface area (Å²) in [6.45, 7) is -3.02. The highest BCUT2D eigenvalue weighted by molar-refractivity contribution is 5.84. The topological polar surface area (TPSA) is 86.0 Å². The van der Waals surface area contributed by atoms with Crippen LogP contribution in [0, 0.1) is 5.82 Å². The van der Waals surface area contributed by atoms with Gasteiger partial charge in [-0.25, -0.2) is 4.39 Å². The van der Waals surface area contributed by atoms with Crippen LogP contribution >= 0.6 is 0 Å². The lowest BCUT2D eigenvalue weighted by Gasteiger charge is -2.06. The number of hydrogen-bond acceptors (Lipinski definition) is 3. The van der Waals surface area contributed by atoms with E-state index in [0.717, 1.165) is 24.4 Å². The first-order chi connectivity index (χ1) is 7.99. The van der Waals surface area contributed by atoms with E-state index in [1.54, 1.807) is 0 Å². The highest BCUT2D eigenvalue weighted by Gasteiger charge is 2.09. The van der Waals surface area contributed by atoms with Crippen LogP contribution in [-0.2, 0) is 0 Å². The second-order valence-corrected chi connectivity index (χ2v) is 2.83. The molecule has 0 saturated carbocycles. The van der Waals surface area contributed by atoms with Gasteiger partial charge in [0.05, 0.1) is 6.21 Å². The molecule has 1 aromatic carbocycles. The number of hydrogen-bond donors (Lipinski definition) is 2. The summed E-state index contributed by atoms with van der Waals surface area (Å²) in [7, 11) is 0. The minimum absolute atomic E-state index is 0.00435. The number of guanidine groups is 1. The molecule has 4 N–H and O–H groups in total. The molecular weight excluding hydrogens is 237 g/mol. The zero-order chi connectivity index (χ0) is 12.8. The molecule has 0 aliphatic carbocycles. The van der Waals surface area contributed by atoms with Crippen molar-refractivity contribution in [1.29, 1.82) is 0 Å². The zero-order valence-corrected chi connectivity index (χ0v) is 8.48. The molecule has 0 unspecified atom stereocenters. The third-order valence-electron chi connectivity index (χ3n) is 1.56. The largest absolute Gasteiger partial charge is 0.434 e. The van der Waals surface area contributed by atoms with Gasteiger partial charge in [0.1, 0.15) is 11.6 Å². The van der Waals surface area contributed by atoms with Crippen molar-refractivity contribution in [2.45, 2.75) is 6.61 Å². The molecule has 17 heavy (non-hydrogen) atoms. The van der Waals surface area contributed by atoms with Crippen molar-refractivity contribution in [3.05, 3.63) is 29.6 Å². The van der Waals surface area contributed by atoms with Gasteiger partial charge in [-0.2, -0.15) is 13.9 Å². The van der Waals surface area contributed by atoms with E-state index in [1.807, 2.05) is 0 Å². The van der Waals surface area contributed by atoms with E-state index in [4.69, 9.17) is 11.5 Å². The number of ether oxygens (including phenoxy) is 1. The lowest BCUT2D eigenvalue weighted by atomic mass is 10.2. The Morgan fingerprint density at radius 3 is 2.65 bits per heavy atom. The van der Waals surface area contributed by atoms with Gasteiger partial charge in [0.15, 0.2) is 0 Å². The Hall–Kier alpha value is -2.25. The molecule has 5 nitrogen and oxygen atoms in total. The third-order valence-corrected chi connectivity index (χ3v) is 1.56. The van der Waals surface area contributed by atoms with Gasteiger partial charge in [-0.15, -0.1) is 5.10 Å². The minimum Gasteiger partial charge on any atom is -0.434 e. The Kier molecular flexibility index (Phi) is 4.32. The standard InChI is InChI=1S/C9H9F3N4O/c10-6-1-2-7(17-8(11)12)5(3-6)4-15-16-9(13)14/h1-4,8H,(H4,13,14,16). The van der Waals surface area contributed by atoms with Gasteiger partial charge >= 0.3 is 6.61 Å².